The van der Waals surface area contributed by atoms with Gasteiger partial charge in [0.25, 0.3) is 0 Å². The van der Waals surface area contributed by atoms with Crippen LogP contribution in [0.3, 0.4) is 0 Å². The summed E-state index contributed by atoms with van der Waals surface area (Å²) in [4.78, 5) is 15.4. The van der Waals surface area contributed by atoms with Crippen molar-refractivity contribution in [3.05, 3.63) is 182 Å². The third-order valence-corrected chi connectivity index (χ3v) is 11.1. The van der Waals surface area contributed by atoms with Crippen LogP contribution in [0.1, 0.15) is 0 Å². The highest BCUT2D eigenvalue weighted by molar-refractivity contribution is 6.14. The van der Waals surface area contributed by atoms with Crippen LogP contribution in [0.2, 0.25) is 0 Å². The highest BCUT2D eigenvalue weighted by Crippen LogP contribution is 2.40. The maximum atomic E-state index is 6.55. The molecule has 0 unspecified atom stereocenters. The molecule has 6 heteroatoms. The van der Waals surface area contributed by atoms with E-state index in [-0.39, 0.29) is 0 Å². The Hall–Kier alpha value is -7.83. The Balaban J connectivity index is 1.07. The molecular weight excluding hydrogens is 701 g/mol. The number of hydrogen-bond acceptors (Lipinski definition) is 5. The van der Waals surface area contributed by atoms with Crippen molar-refractivity contribution in [1.82, 2.24) is 19.5 Å². The topological polar surface area (TPSA) is 69.9 Å². The lowest BCUT2D eigenvalue weighted by molar-refractivity contribution is 0.668. The van der Waals surface area contributed by atoms with Gasteiger partial charge in [0.05, 0.1) is 11.0 Å². The summed E-state index contributed by atoms with van der Waals surface area (Å²) < 4.78 is 15.0. The van der Waals surface area contributed by atoms with Gasteiger partial charge in [-0.15, -0.1) is 0 Å². The Morgan fingerprint density at radius 2 is 0.930 bits per heavy atom. The van der Waals surface area contributed by atoms with Crippen LogP contribution in [0.4, 0.5) is 0 Å². The summed E-state index contributed by atoms with van der Waals surface area (Å²) in [6.07, 6.45) is 0. The smallest absolute Gasteiger partial charge is 0.164 e. The van der Waals surface area contributed by atoms with Crippen LogP contribution in [0.5, 0.6) is 0 Å². The average molecular weight is 731 g/mol. The van der Waals surface area contributed by atoms with Crippen LogP contribution in [-0.2, 0) is 0 Å². The molecule has 0 aliphatic rings. The molecule has 4 heterocycles. The predicted octanol–water partition coefficient (Wildman–Crippen LogP) is 13.4. The third kappa shape index (κ3) is 5.01. The fraction of sp³-hybridized carbons (Fsp3) is 0. The first-order valence-electron chi connectivity index (χ1n) is 19.0. The SMILES string of the molecule is c1ccc(-c2ccc3c(c2)c2ccccc2n3-c2ccc3oc4cccc(-c5nc(-c6ccccc6)nc(-c6ccc7oc8ccccc8c7c6)n5)c4c3c2)cc1. The molecule has 0 fully saturated rings. The summed E-state index contributed by atoms with van der Waals surface area (Å²) in [6.45, 7) is 0. The number of aromatic nitrogens is 4. The minimum Gasteiger partial charge on any atom is -0.456 e. The van der Waals surface area contributed by atoms with Gasteiger partial charge >= 0.3 is 0 Å². The first-order valence-corrected chi connectivity index (χ1v) is 19.0. The summed E-state index contributed by atoms with van der Waals surface area (Å²) in [5, 5.41) is 6.42. The van der Waals surface area contributed by atoms with Crippen LogP contribution in [-0.4, -0.2) is 19.5 Å². The zero-order chi connectivity index (χ0) is 37.5. The Bertz CT molecular complexity index is 3530. The van der Waals surface area contributed by atoms with Gasteiger partial charge in [0.1, 0.15) is 22.3 Å². The van der Waals surface area contributed by atoms with Crippen molar-refractivity contribution in [3.8, 4) is 51.0 Å². The van der Waals surface area contributed by atoms with E-state index < -0.39 is 0 Å². The van der Waals surface area contributed by atoms with Crippen LogP contribution >= 0.6 is 0 Å². The van der Waals surface area contributed by atoms with E-state index in [4.69, 9.17) is 23.8 Å². The second-order valence-corrected chi connectivity index (χ2v) is 14.4. The van der Waals surface area contributed by atoms with E-state index >= 15 is 0 Å². The first kappa shape index (κ1) is 31.5. The van der Waals surface area contributed by atoms with E-state index in [1.165, 1.54) is 21.9 Å². The number of benzene rings is 8. The van der Waals surface area contributed by atoms with E-state index in [2.05, 4.69) is 114 Å². The molecule has 12 aromatic rings. The maximum absolute atomic E-state index is 6.55. The zero-order valence-electron chi connectivity index (χ0n) is 30.4. The molecule has 0 aliphatic heterocycles. The summed E-state index contributed by atoms with van der Waals surface area (Å²) >= 11 is 0. The lowest BCUT2D eigenvalue weighted by Crippen LogP contribution is -2.00. The molecule has 0 aliphatic carbocycles. The van der Waals surface area contributed by atoms with Gasteiger partial charge in [-0.3, -0.25) is 0 Å². The molecular formula is C51H30N4O2. The molecule has 8 aromatic carbocycles. The van der Waals surface area contributed by atoms with Crippen molar-refractivity contribution in [1.29, 1.82) is 0 Å². The van der Waals surface area contributed by atoms with Gasteiger partial charge < -0.3 is 13.4 Å². The molecule has 0 spiro atoms. The number of fused-ring (bicyclic) bond motifs is 9. The molecule has 57 heavy (non-hydrogen) atoms. The van der Waals surface area contributed by atoms with Gasteiger partial charge in [-0.1, -0.05) is 115 Å². The number of furan rings is 2. The minimum atomic E-state index is 0.569. The lowest BCUT2D eigenvalue weighted by Gasteiger charge is -2.10. The molecule has 0 amide bonds. The molecule has 0 atom stereocenters. The second kappa shape index (κ2) is 12.3. The molecule has 266 valence electrons. The highest BCUT2D eigenvalue weighted by atomic mass is 16.3. The number of nitrogens with zero attached hydrogens (tertiary/aromatic N) is 4. The first-order chi connectivity index (χ1) is 28.2. The second-order valence-electron chi connectivity index (χ2n) is 14.4. The molecule has 0 radical (unpaired) electrons. The monoisotopic (exact) mass is 730 g/mol. The van der Waals surface area contributed by atoms with Gasteiger partial charge in [-0.05, 0) is 77.9 Å². The molecule has 6 nitrogen and oxygen atoms in total. The quantitative estimate of drug-likeness (QED) is 0.176. The fourth-order valence-corrected chi connectivity index (χ4v) is 8.41. The van der Waals surface area contributed by atoms with Crippen molar-refractivity contribution in [2.45, 2.75) is 0 Å². The van der Waals surface area contributed by atoms with E-state index in [0.29, 0.717) is 17.5 Å². The lowest BCUT2D eigenvalue weighted by atomic mass is 10.0. The van der Waals surface area contributed by atoms with Crippen molar-refractivity contribution in [2.75, 3.05) is 0 Å². The van der Waals surface area contributed by atoms with Crippen LogP contribution in [0.25, 0.3) is 117 Å². The number of hydrogen-bond donors (Lipinski definition) is 0. The normalized spacial score (nSPS) is 11.9. The average Bonchev–Trinajstić information content (AvgIpc) is 3.95. The summed E-state index contributed by atoms with van der Waals surface area (Å²) in [7, 11) is 0. The van der Waals surface area contributed by atoms with Gasteiger partial charge in [-0.2, -0.15) is 0 Å². The Labute approximate surface area is 325 Å². The van der Waals surface area contributed by atoms with Crippen LogP contribution < -0.4 is 0 Å². The molecule has 0 bridgehead atoms. The van der Waals surface area contributed by atoms with E-state index in [1.807, 2.05) is 72.8 Å². The largest absolute Gasteiger partial charge is 0.456 e. The van der Waals surface area contributed by atoms with E-state index in [0.717, 1.165) is 77.3 Å². The van der Waals surface area contributed by atoms with Crippen LogP contribution in [0, 0.1) is 0 Å². The molecule has 0 saturated heterocycles. The predicted molar refractivity (Wildman–Crippen MR) is 230 cm³/mol. The minimum absolute atomic E-state index is 0.569. The Kier molecular flexibility index (Phi) is 6.83. The Morgan fingerprint density at radius 1 is 0.333 bits per heavy atom. The van der Waals surface area contributed by atoms with Gasteiger partial charge in [0, 0.05) is 54.7 Å². The van der Waals surface area contributed by atoms with Crippen molar-refractivity contribution in [3.63, 3.8) is 0 Å². The van der Waals surface area contributed by atoms with Gasteiger partial charge in [0.15, 0.2) is 17.5 Å². The number of para-hydroxylation sites is 2. The standard InChI is InChI=1S/C51H30N4O2/c1-3-12-31(13-4-1)33-22-25-43-39(28-33)36-16-7-9-19-42(36)55(43)35-24-27-46-41(30-35)48-38(18-11-21-47(48)57-46)51-53-49(32-14-5-2-6-15-32)52-50(54-51)34-23-26-45-40(29-34)37-17-8-10-20-44(37)56-45/h1-30H. The zero-order valence-corrected chi connectivity index (χ0v) is 30.4. The van der Waals surface area contributed by atoms with E-state index in [1.54, 1.807) is 0 Å². The number of rotatable bonds is 5. The summed E-state index contributed by atoms with van der Waals surface area (Å²) in [5.74, 6) is 1.75. The van der Waals surface area contributed by atoms with Crippen molar-refractivity contribution in [2.24, 2.45) is 0 Å². The molecule has 4 aromatic heterocycles. The van der Waals surface area contributed by atoms with Crippen molar-refractivity contribution < 1.29 is 8.83 Å². The Morgan fingerprint density at radius 3 is 1.79 bits per heavy atom. The van der Waals surface area contributed by atoms with E-state index in [9.17, 15) is 0 Å². The third-order valence-electron chi connectivity index (χ3n) is 11.1. The molecule has 0 saturated carbocycles. The highest BCUT2D eigenvalue weighted by Gasteiger charge is 2.20. The van der Waals surface area contributed by atoms with Gasteiger partial charge in [-0.25, -0.2) is 15.0 Å². The fourth-order valence-electron chi connectivity index (χ4n) is 8.41. The summed E-state index contributed by atoms with van der Waals surface area (Å²) in [6, 6.07) is 62.8. The van der Waals surface area contributed by atoms with Crippen molar-refractivity contribution >= 4 is 65.7 Å². The maximum Gasteiger partial charge on any atom is 0.164 e. The molecule has 12 rings (SSSR count). The summed E-state index contributed by atoms with van der Waals surface area (Å²) in [5.41, 5.74) is 11.6. The molecule has 0 N–H and O–H groups in total. The van der Waals surface area contributed by atoms with Crippen LogP contribution in [0.15, 0.2) is 191 Å². The van der Waals surface area contributed by atoms with Gasteiger partial charge in [0.2, 0.25) is 0 Å².